The number of benzene rings is 2. The van der Waals surface area contributed by atoms with Crippen molar-refractivity contribution in [3.05, 3.63) is 53.3 Å². The molecule has 1 unspecified atom stereocenters. The maximum atomic E-state index is 14.0. The number of amides is 1. The van der Waals surface area contributed by atoms with E-state index in [0.717, 1.165) is 28.0 Å². The van der Waals surface area contributed by atoms with Crippen LogP contribution >= 0.6 is 0 Å². The monoisotopic (exact) mass is 299 g/mol. The number of carbonyl (C=O) groups excluding carboxylic acids is 1. The van der Waals surface area contributed by atoms with E-state index in [-0.39, 0.29) is 17.8 Å². The van der Waals surface area contributed by atoms with Gasteiger partial charge in [0.2, 0.25) is 5.91 Å². The Hall–Kier alpha value is -2.36. The Balaban J connectivity index is 1.96. The first kappa shape index (κ1) is 14.6. The van der Waals surface area contributed by atoms with Crippen molar-refractivity contribution in [1.29, 1.82) is 0 Å². The lowest BCUT2D eigenvalue weighted by Crippen LogP contribution is -2.32. The third kappa shape index (κ3) is 2.82. The summed E-state index contributed by atoms with van der Waals surface area (Å²) >= 11 is 0. The maximum absolute atomic E-state index is 14.0. The summed E-state index contributed by atoms with van der Waals surface area (Å²) in [6.45, 7) is 3.90. The topological polar surface area (TPSA) is 38.3 Å². The quantitative estimate of drug-likeness (QED) is 0.945. The second kappa shape index (κ2) is 5.79. The van der Waals surface area contributed by atoms with Crippen molar-refractivity contribution in [2.45, 2.75) is 26.4 Å². The Labute approximate surface area is 129 Å². The molecule has 4 heteroatoms. The van der Waals surface area contributed by atoms with Crippen LogP contribution in [0.3, 0.4) is 0 Å². The van der Waals surface area contributed by atoms with Crippen LogP contribution in [-0.4, -0.2) is 18.6 Å². The number of ether oxygens (including phenoxy) is 1. The molecule has 22 heavy (non-hydrogen) atoms. The molecule has 0 spiro atoms. The van der Waals surface area contributed by atoms with E-state index >= 15 is 0 Å². The Bertz CT molecular complexity index is 727. The van der Waals surface area contributed by atoms with Crippen molar-refractivity contribution in [2.75, 3.05) is 6.54 Å². The van der Waals surface area contributed by atoms with Crippen molar-refractivity contribution >= 4 is 5.91 Å². The molecule has 1 amide bonds. The molecule has 2 aromatic rings. The molecule has 1 heterocycles. The number of hydrogen-bond acceptors (Lipinski definition) is 2. The number of carbonyl (C=O) groups is 1. The molecule has 0 aliphatic carbocycles. The first-order chi connectivity index (χ1) is 10.5. The normalized spacial score (nSPS) is 16.0. The second-order valence-electron chi connectivity index (χ2n) is 5.64. The van der Waals surface area contributed by atoms with Crippen LogP contribution < -0.4 is 10.1 Å². The lowest BCUT2D eigenvalue weighted by Gasteiger charge is -2.14. The molecule has 114 valence electrons. The van der Waals surface area contributed by atoms with Crippen LogP contribution in [0.1, 0.15) is 18.1 Å². The molecule has 0 aromatic heterocycles. The highest BCUT2D eigenvalue weighted by molar-refractivity contribution is 5.76. The Morgan fingerprint density at radius 1 is 1.32 bits per heavy atom. The molecule has 2 aromatic carbocycles. The number of halogens is 1. The fourth-order valence-corrected chi connectivity index (χ4v) is 2.84. The summed E-state index contributed by atoms with van der Waals surface area (Å²) in [6.07, 6.45) is 0.454. The maximum Gasteiger partial charge on any atom is 0.217 e. The molecule has 3 nitrogen and oxygen atoms in total. The lowest BCUT2D eigenvalue weighted by molar-refractivity contribution is -0.119. The van der Waals surface area contributed by atoms with Gasteiger partial charge in [0.15, 0.2) is 0 Å². The first-order valence-corrected chi connectivity index (χ1v) is 7.34. The minimum Gasteiger partial charge on any atom is -0.487 e. The molecule has 3 rings (SSSR count). The van der Waals surface area contributed by atoms with Gasteiger partial charge < -0.3 is 10.1 Å². The molecule has 0 radical (unpaired) electrons. The van der Waals surface area contributed by atoms with Gasteiger partial charge in [0, 0.05) is 24.5 Å². The number of rotatable bonds is 3. The van der Waals surface area contributed by atoms with Crippen molar-refractivity contribution in [2.24, 2.45) is 0 Å². The van der Waals surface area contributed by atoms with Crippen LogP contribution in [0.15, 0.2) is 36.4 Å². The highest BCUT2D eigenvalue weighted by Crippen LogP contribution is 2.40. The van der Waals surface area contributed by atoms with Crippen LogP contribution in [0, 0.1) is 12.7 Å². The van der Waals surface area contributed by atoms with Crippen LogP contribution in [0.2, 0.25) is 0 Å². The van der Waals surface area contributed by atoms with Gasteiger partial charge in [-0.05, 0) is 30.2 Å². The molecule has 0 fully saturated rings. The standard InChI is InChI=1S/C18H18FNO2/c1-11-5-3-4-6-16(11)17-9-14(19)7-13-8-15(22-18(13)17)10-20-12(2)21/h3-7,9,15H,8,10H2,1-2H3,(H,20,21). The molecule has 1 aliphatic rings. The summed E-state index contributed by atoms with van der Waals surface area (Å²) in [5.41, 5.74) is 3.68. The van der Waals surface area contributed by atoms with Crippen molar-refractivity contribution < 1.29 is 13.9 Å². The van der Waals surface area contributed by atoms with E-state index in [1.807, 2.05) is 31.2 Å². The van der Waals surface area contributed by atoms with E-state index < -0.39 is 0 Å². The second-order valence-corrected chi connectivity index (χ2v) is 5.64. The summed E-state index contributed by atoms with van der Waals surface area (Å²) in [7, 11) is 0. The van der Waals surface area contributed by atoms with Gasteiger partial charge in [0.05, 0.1) is 6.54 Å². The molecule has 1 N–H and O–H groups in total. The summed E-state index contributed by atoms with van der Waals surface area (Å²) < 4.78 is 19.9. The predicted octanol–water partition coefficient (Wildman–Crippen LogP) is 3.24. The highest BCUT2D eigenvalue weighted by atomic mass is 19.1. The number of hydrogen-bond donors (Lipinski definition) is 1. The zero-order valence-corrected chi connectivity index (χ0v) is 12.7. The molecule has 0 saturated carbocycles. The molecule has 1 atom stereocenters. The number of fused-ring (bicyclic) bond motifs is 1. The largest absolute Gasteiger partial charge is 0.487 e. The summed E-state index contributed by atoms with van der Waals surface area (Å²) in [4.78, 5) is 11.0. The SMILES string of the molecule is CC(=O)NCC1Cc2cc(F)cc(-c3ccccc3C)c2O1. The van der Waals surface area contributed by atoms with Gasteiger partial charge >= 0.3 is 0 Å². The molecule has 0 bridgehead atoms. The van der Waals surface area contributed by atoms with Crippen molar-refractivity contribution in [1.82, 2.24) is 5.32 Å². The zero-order valence-electron chi connectivity index (χ0n) is 12.7. The minimum absolute atomic E-state index is 0.0927. The van der Waals surface area contributed by atoms with E-state index in [9.17, 15) is 9.18 Å². The predicted molar refractivity (Wildman–Crippen MR) is 83.4 cm³/mol. The number of aryl methyl sites for hydroxylation is 1. The third-order valence-electron chi connectivity index (χ3n) is 3.88. The molecular weight excluding hydrogens is 281 g/mol. The fraction of sp³-hybridized carbons (Fsp3) is 0.278. The van der Waals surface area contributed by atoms with Crippen LogP contribution in [0.5, 0.6) is 5.75 Å². The molecular formula is C18H18FNO2. The number of nitrogens with one attached hydrogen (secondary N) is 1. The average molecular weight is 299 g/mol. The first-order valence-electron chi connectivity index (χ1n) is 7.34. The van der Waals surface area contributed by atoms with Crippen molar-refractivity contribution in [3.63, 3.8) is 0 Å². The minimum atomic E-state index is -0.263. The van der Waals surface area contributed by atoms with Gasteiger partial charge in [-0.25, -0.2) is 4.39 Å². The van der Waals surface area contributed by atoms with E-state index in [0.29, 0.717) is 13.0 Å². The molecule has 1 aliphatic heterocycles. The van der Waals surface area contributed by atoms with E-state index in [2.05, 4.69) is 5.32 Å². The van der Waals surface area contributed by atoms with E-state index in [1.54, 1.807) is 0 Å². The smallest absolute Gasteiger partial charge is 0.217 e. The highest BCUT2D eigenvalue weighted by Gasteiger charge is 2.27. The third-order valence-corrected chi connectivity index (χ3v) is 3.88. The fourth-order valence-electron chi connectivity index (χ4n) is 2.84. The van der Waals surface area contributed by atoms with Gasteiger partial charge in [-0.2, -0.15) is 0 Å². The summed E-state index contributed by atoms with van der Waals surface area (Å²) in [5, 5.41) is 2.75. The lowest BCUT2D eigenvalue weighted by atomic mass is 9.97. The molecule has 0 saturated heterocycles. The van der Waals surface area contributed by atoms with E-state index in [4.69, 9.17) is 4.74 Å². The zero-order chi connectivity index (χ0) is 15.7. The van der Waals surface area contributed by atoms with Gasteiger partial charge in [-0.1, -0.05) is 24.3 Å². The Morgan fingerprint density at radius 2 is 2.09 bits per heavy atom. The van der Waals surface area contributed by atoms with Gasteiger partial charge in [-0.15, -0.1) is 0 Å². The average Bonchev–Trinajstić information content (AvgIpc) is 2.87. The Morgan fingerprint density at radius 3 is 2.82 bits per heavy atom. The van der Waals surface area contributed by atoms with Crippen LogP contribution in [-0.2, 0) is 11.2 Å². The van der Waals surface area contributed by atoms with Gasteiger partial charge in [0.1, 0.15) is 17.7 Å². The summed E-state index contributed by atoms with van der Waals surface area (Å²) in [5.74, 6) is 0.372. The van der Waals surface area contributed by atoms with Crippen molar-refractivity contribution in [3.8, 4) is 16.9 Å². The Kier molecular flexibility index (Phi) is 3.84. The summed E-state index contributed by atoms with van der Waals surface area (Å²) in [6, 6.07) is 10.9. The van der Waals surface area contributed by atoms with E-state index in [1.165, 1.54) is 19.1 Å². The van der Waals surface area contributed by atoms with Gasteiger partial charge in [0.25, 0.3) is 0 Å². The van der Waals surface area contributed by atoms with Crippen LogP contribution in [0.4, 0.5) is 4.39 Å². The van der Waals surface area contributed by atoms with Crippen LogP contribution in [0.25, 0.3) is 11.1 Å². The van der Waals surface area contributed by atoms with Gasteiger partial charge in [-0.3, -0.25) is 4.79 Å².